The molecule has 2 aromatic rings. The second-order valence-corrected chi connectivity index (χ2v) is 6.00. The Kier molecular flexibility index (Phi) is 6.49. The summed E-state index contributed by atoms with van der Waals surface area (Å²) in [4.78, 5) is 35.4. The highest BCUT2D eigenvalue weighted by Crippen LogP contribution is 2.21. The van der Waals surface area contributed by atoms with Gasteiger partial charge in [0, 0.05) is 24.0 Å². The van der Waals surface area contributed by atoms with Gasteiger partial charge in [0.15, 0.2) is 0 Å². The van der Waals surface area contributed by atoms with Crippen molar-refractivity contribution in [1.82, 2.24) is 0 Å². The molecule has 6 nitrogen and oxygen atoms in total. The Morgan fingerprint density at radius 2 is 1.50 bits per heavy atom. The Labute approximate surface area is 153 Å². The normalized spacial score (nSPS) is 10.1. The first kappa shape index (κ1) is 19.2. The van der Waals surface area contributed by atoms with Crippen LogP contribution < -0.4 is 16.0 Å². The molecule has 2 aromatic carbocycles. The maximum atomic E-state index is 12.2. The van der Waals surface area contributed by atoms with Gasteiger partial charge in [-0.05, 0) is 42.7 Å². The molecular weight excluding hydrogens is 330 g/mol. The summed E-state index contributed by atoms with van der Waals surface area (Å²) in [6, 6.07) is 12.6. The lowest BCUT2D eigenvalue weighted by Gasteiger charge is -2.13. The molecule has 3 amide bonds. The van der Waals surface area contributed by atoms with Crippen molar-refractivity contribution in [3.05, 3.63) is 53.6 Å². The average Bonchev–Trinajstić information content (AvgIpc) is 2.56. The molecule has 0 saturated carbocycles. The highest BCUT2D eigenvalue weighted by atomic mass is 16.2. The van der Waals surface area contributed by atoms with E-state index in [1.165, 1.54) is 6.92 Å². The van der Waals surface area contributed by atoms with Crippen LogP contribution in [0.1, 0.15) is 31.4 Å². The molecule has 0 spiro atoms. The molecule has 26 heavy (non-hydrogen) atoms. The number of amides is 3. The summed E-state index contributed by atoms with van der Waals surface area (Å²) in [5.41, 5.74) is 3.84. The summed E-state index contributed by atoms with van der Waals surface area (Å²) < 4.78 is 0. The van der Waals surface area contributed by atoms with Crippen molar-refractivity contribution in [2.45, 2.75) is 33.6 Å². The van der Waals surface area contributed by atoms with E-state index in [0.717, 1.165) is 23.2 Å². The molecule has 0 aliphatic carbocycles. The van der Waals surface area contributed by atoms with Crippen LogP contribution >= 0.6 is 0 Å². The summed E-state index contributed by atoms with van der Waals surface area (Å²) in [5, 5.41) is 8.13. The largest absolute Gasteiger partial charge is 0.326 e. The Morgan fingerprint density at radius 3 is 2.15 bits per heavy atom. The first-order valence-electron chi connectivity index (χ1n) is 8.45. The van der Waals surface area contributed by atoms with E-state index < -0.39 is 5.91 Å². The maximum absolute atomic E-state index is 12.2. The molecule has 0 bridgehead atoms. The first-order valence-corrected chi connectivity index (χ1v) is 8.45. The molecule has 0 heterocycles. The molecule has 6 heteroatoms. The van der Waals surface area contributed by atoms with Crippen LogP contribution in [0, 0.1) is 6.92 Å². The fraction of sp³-hybridized carbons (Fsp3) is 0.250. The van der Waals surface area contributed by atoms with Crippen LogP contribution in [0.2, 0.25) is 0 Å². The number of carbonyl (C=O) groups is 3. The molecule has 136 valence electrons. The molecule has 2 rings (SSSR count). The van der Waals surface area contributed by atoms with Crippen LogP contribution in [-0.2, 0) is 20.8 Å². The third-order valence-corrected chi connectivity index (χ3v) is 3.79. The zero-order chi connectivity index (χ0) is 19.1. The zero-order valence-corrected chi connectivity index (χ0v) is 15.2. The standard InChI is InChI=1S/C20H23N3O3/c1-4-15-8-5-7-13(2)20(15)23-19(26)12-18(25)22-17-10-6-9-16(11-17)21-14(3)24/h5-11H,4,12H2,1-3H3,(H,21,24)(H,22,25)(H,23,26). The van der Waals surface area contributed by atoms with Gasteiger partial charge in [-0.2, -0.15) is 0 Å². The molecule has 0 unspecified atom stereocenters. The minimum Gasteiger partial charge on any atom is -0.326 e. The van der Waals surface area contributed by atoms with E-state index in [9.17, 15) is 14.4 Å². The topological polar surface area (TPSA) is 87.3 Å². The van der Waals surface area contributed by atoms with Crippen LogP contribution in [0.25, 0.3) is 0 Å². The monoisotopic (exact) mass is 353 g/mol. The van der Waals surface area contributed by atoms with E-state index in [-0.39, 0.29) is 18.2 Å². The van der Waals surface area contributed by atoms with Crippen molar-refractivity contribution < 1.29 is 14.4 Å². The molecule has 3 N–H and O–H groups in total. The van der Waals surface area contributed by atoms with Gasteiger partial charge < -0.3 is 16.0 Å². The summed E-state index contributed by atoms with van der Waals surface area (Å²) in [6.07, 6.45) is 0.501. The smallest absolute Gasteiger partial charge is 0.233 e. The van der Waals surface area contributed by atoms with Crippen LogP contribution in [0.5, 0.6) is 0 Å². The SMILES string of the molecule is CCc1cccc(C)c1NC(=O)CC(=O)Nc1cccc(NC(C)=O)c1. The molecule has 0 atom stereocenters. The predicted octanol–water partition coefficient (Wildman–Crippen LogP) is 3.48. The third kappa shape index (κ3) is 5.44. The van der Waals surface area contributed by atoms with Gasteiger partial charge in [-0.15, -0.1) is 0 Å². The number of carbonyl (C=O) groups excluding carboxylic acids is 3. The van der Waals surface area contributed by atoms with Crippen molar-refractivity contribution in [3.8, 4) is 0 Å². The van der Waals surface area contributed by atoms with E-state index in [1.54, 1.807) is 24.3 Å². The van der Waals surface area contributed by atoms with Crippen molar-refractivity contribution in [2.24, 2.45) is 0 Å². The zero-order valence-electron chi connectivity index (χ0n) is 15.2. The number of aryl methyl sites for hydroxylation is 2. The Hall–Kier alpha value is -3.15. The highest BCUT2D eigenvalue weighted by molar-refractivity contribution is 6.08. The number of nitrogens with one attached hydrogen (secondary N) is 3. The van der Waals surface area contributed by atoms with E-state index in [0.29, 0.717) is 11.4 Å². The van der Waals surface area contributed by atoms with Gasteiger partial charge in [-0.1, -0.05) is 31.2 Å². The van der Waals surface area contributed by atoms with Gasteiger partial charge in [-0.3, -0.25) is 14.4 Å². The fourth-order valence-electron chi connectivity index (χ4n) is 2.61. The van der Waals surface area contributed by atoms with Crippen molar-refractivity contribution in [1.29, 1.82) is 0 Å². The molecule has 0 saturated heterocycles. The van der Waals surface area contributed by atoms with E-state index >= 15 is 0 Å². The Balaban J connectivity index is 1.98. The summed E-state index contributed by atoms with van der Waals surface area (Å²) in [7, 11) is 0. The number of benzene rings is 2. The number of hydrogen-bond acceptors (Lipinski definition) is 3. The number of hydrogen-bond donors (Lipinski definition) is 3. The molecule has 0 aromatic heterocycles. The number of anilines is 3. The van der Waals surface area contributed by atoms with Crippen molar-refractivity contribution in [2.75, 3.05) is 16.0 Å². The minimum atomic E-state index is -0.422. The van der Waals surface area contributed by atoms with E-state index in [2.05, 4.69) is 16.0 Å². The molecule has 0 radical (unpaired) electrons. The lowest BCUT2D eigenvalue weighted by Crippen LogP contribution is -2.22. The summed E-state index contributed by atoms with van der Waals surface area (Å²) in [5.74, 6) is -0.989. The second kappa shape index (κ2) is 8.80. The lowest BCUT2D eigenvalue weighted by molar-refractivity contribution is -0.123. The second-order valence-electron chi connectivity index (χ2n) is 6.00. The van der Waals surface area contributed by atoms with Crippen molar-refractivity contribution >= 4 is 34.8 Å². The summed E-state index contributed by atoms with van der Waals surface area (Å²) in [6.45, 7) is 5.34. The number of para-hydroxylation sites is 1. The lowest BCUT2D eigenvalue weighted by atomic mass is 10.1. The molecular formula is C20H23N3O3. The molecule has 0 aliphatic heterocycles. The molecule has 0 fully saturated rings. The summed E-state index contributed by atoms with van der Waals surface area (Å²) >= 11 is 0. The van der Waals surface area contributed by atoms with Crippen LogP contribution in [-0.4, -0.2) is 17.7 Å². The first-order chi connectivity index (χ1) is 12.4. The molecule has 0 aliphatic rings. The van der Waals surface area contributed by atoms with Crippen LogP contribution in [0.4, 0.5) is 17.1 Å². The quantitative estimate of drug-likeness (QED) is 0.695. The number of rotatable bonds is 6. The van der Waals surface area contributed by atoms with Gasteiger partial charge in [0.25, 0.3) is 0 Å². The maximum Gasteiger partial charge on any atom is 0.233 e. The van der Waals surface area contributed by atoms with Gasteiger partial charge in [0.1, 0.15) is 6.42 Å². The van der Waals surface area contributed by atoms with Gasteiger partial charge in [0.2, 0.25) is 17.7 Å². The van der Waals surface area contributed by atoms with Crippen LogP contribution in [0.3, 0.4) is 0 Å². The van der Waals surface area contributed by atoms with Gasteiger partial charge in [0.05, 0.1) is 0 Å². The Bertz CT molecular complexity index is 831. The van der Waals surface area contributed by atoms with Crippen LogP contribution in [0.15, 0.2) is 42.5 Å². The third-order valence-electron chi connectivity index (χ3n) is 3.79. The van der Waals surface area contributed by atoms with Gasteiger partial charge >= 0.3 is 0 Å². The fourth-order valence-corrected chi connectivity index (χ4v) is 2.61. The average molecular weight is 353 g/mol. The highest BCUT2D eigenvalue weighted by Gasteiger charge is 2.13. The Morgan fingerprint density at radius 1 is 0.885 bits per heavy atom. The minimum absolute atomic E-state index is 0.196. The van der Waals surface area contributed by atoms with Crippen molar-refractivity contribution in [3.63, 3.8) is 0 Å². The van der Waals surface area contributed by atoms with Gasteiger partial charge in [-0.25, -0.2) is 0 Å². The predicted molar refractivity (Wildman–Crippen MR) is 103 cm³/mol. The van der Waals surface area contributed by atoms with E-state index in [1.807, 2.05) is 32.0 Å². The van der Waals surface area contributed by atoms with E-state index in [4.69, 9.17) is 0 Å².